The van der Waals surface area contributed by atoms with Gasteiger partial charge in [-0.3, -0.25) is 9.36 Å². The highest BCUT2D eigenvalue weighted by Gasteiger charge is 2.08. The molecule has 2 heteroatoms. The van der Waals surface area contributed by atoms with Crippen LogP contribution >= 0.6 is 0 Å². The summed E-state index contributed by atoms with van der Waals surface area (Å²) >= 11 is 0. The van der Waals surface area contributed by atoms with Gasteiger partial charge in [0.2, 0.25) is 0 Å². The molecule has 1 heterocycles. The number of rotatable bonds is 1. The topological polar surface area (TPSA) is 22.0 Å². The van der Waals surface area contributed by atoms with Crippen LogP contribution in [0.4, 0.5) is 0 Å². The van der Waals surface area contributed by atoms with Gasteiger partial charge >= 0.3 is 0 Å². The Balaban J connectivity index is 1.89. The van der Waals surface area contributed by atoms with Crippen LogP contribution < -0.4 is 0 Å². The zero-order chi connectivity index (χ0) is 14.2. The van der Waals surface area contributed by atoms with Crippen LogP contribution in [-0.4, -0.2) is 10.5 Å². The third kappa shape index (κ3) is 2.01. The second kappa shape index (κ2) is 4.60. The van der Waals surface area contributed by atoms with Gasteiger partial charge in [0, 0.05) is 18.0 Å². The van der Waals surface area contributed by atoms with Crippen LogP contribution in [0.1, 0.15) is 10.4 Å². The summed E-state index contributed by atoms with van der Waals surface area (Å²) in [5.41, 5.74) is 0.703. The zero-order valence-corrected chi connectivity index (χ0v) is 11.4. The van der Waals surface area contributed by atoms with Crippen LogP contribution in [0.25, 0.3) is 21.5 Å². The van der Waals surface area contributed by atoms with E-state index >= 15 is 0 Å². The first-order valence-corrected chi connectivity index (χ1v) is 6.91. The number of fused-ring (bicyclic) bond motifs is 2. The summed E-state index contributed by atoms with van der Waals surface area (Å²) in [5.74, 6) is -0.00458. The molecule has 0 radical (unpaired) electrons. The van der Waals surface area contributed by atoms with Crippen molar-refractivity contribution in [2.24, 2.45) is 0 Å². The predicted octanol–water partition coefficient (Wildman–Crippen LogP) is 4.48. The molecule has 0 unspecified atom stereocenters. The maximum Gasteiger partial charge on any atom is 0.261 e. The fraction of sp³-hybridized carbons (Fsp3) is 0. The largest absolute Gasteiger partial charge is 0.291 e. The van der Waals surface area contributed by atoms with E-state index in [-0.39, 0.29) is 5.91 Å². The molecule has 3 aromatic carbocycles. The van der Waals surface area contributed by atoms with E-state index in [1.165, 1.54) is 10.8 Å². The molecule has 0 aliphatic heterocycles. The van der Waals surface area contributed by atoms with E-state index in [2.05, 4.69) is 24.3 Å². The smallest absolute Gasteiger partial charge is 0.261 e. The Bertz CT molecular complexity index is 952. The Morgan fingerprint density at radius 3 is 2.00 bits per heavy atom. The minimum Gasteiger partial charge on any atom is -0.291 e. The van der Waals surface area contributed by atoms with Crippen LogP contribution in [0.5, 0.6) is 0 Å². The van der Waals surface area contributed by atoms with Crippen molar-refractivity contribution < 1.29 is 4.79 Å². The summed E-state index contributed by atoms with van der Waals surface area (Å²) in [6.45, 7) is 0. The van der Waals surface area contributed by atoms with Crippen molar-refractivity contribution in [2.75, 3.05) is 0 Å². The average molecular weight is 271 g/mol. The third-order valence-corrected chi connectivity index (χ3v) is 3.79. The van der Waals surface area contributed by atoms with Gasteiger partial charge in [-0.05, 0) is 57.9 Å². The number of hydrogen-bond acceptors (Lipinski definition) is 1. The number of hydrogen-bond donors (Lipinski definition) is 0. The summed E-state index contributed by atoms with van der Waals surface area (Å²) < 4.78 is 1.60. The number of carbonyl (C=O) groups is 1. The van der Waals surface area contributed by atoms with Crippen LogP contribution in [0.2, 0.25) is 0 Å². The SMILES string of the molecule is O=C(c1ccc2cc3ccccc3cc2c1)n1cccc1. The van der Waals surface area contributed by atoms with Crippen molar-refractivity contribution in [1.29, 1.82) is 0 Å². The van der Waals surface area contributed by atoms with Gasteiger partial charge in [-0.25, -0.2) is 0 Å². The molecule has 0 saturated heterocycles. The first-order valence-electron chi connectivity index (χ1n) is 6.91. The standard InChI is InChI=1S/C19H13NO/c21-19(20-9-3-4-10-20)17-8-7-16-11-14-5-1-2-6-15(14)12-18(16)13-17/h1-13H. The summed E-state index contributed by atoms with van der Waals surface area (Å²) in [5, 5.41) is 4.65. The third-order valence-electron chi connectivity index (χ3n) is 3.79. The second-order valence-electron chi connectivity index (χ2n) is 5.16. The first-order chi connectivity index (χ1) is 10.3. The van der Waals surface area contributed by atoms with Gasteiger partial charge in [0.05, 0.1) is 0 Å². The molecule has 0 aliphatic rings. The fourth-order valence-corrected chi connectivity index (χ4v) is 2.69. The van der Waals surface area contributed by atoms with Gasteiger partial charge in [-0.1, -0.05) is 30.3 Å². The zero-order valence-electron chi connectivity index (χ0n) is 11.4. The lowest BCUT2D eigenvalue weighted by Gasteiger charge is -2.06. The lowest BCUT2D eigenvalue weighted by Crippen LogP contribution is -2.09. The highest BCUT2D eigenvalue weighted by atomic mass is 16.2. The lowest BCUT2D eigenvalue weighted by molar-refractivity contribution is 0.0960. The van der Waals surface area contributed by atoms with Crippen LogP contribution in [-0.2, 0) is 0 Å². The van der Waals surface area contributed by atoms with E-state index in [4.69, 9.17) is 0 Å². The minimum absolute atomic E-state index is 0.00458. The molecule has 0 amide bonds. The maximum absolute atomic E-state index is 12.4. The second-order valence-corrected chi connectivity index (χ2v) is 5.16. The van der Waals surface area contributed by atoms with E-state index in [1.807, 2.05) is 42.5 Å². The van der Waals surface area contributed by atoms with Gasteiger partial charge in [0.1, 0.15) is 0 Å². The van der Waals surface area contributed by atoms with E-state index in [9.17, 15) is 4.79 Å². The summed E-state index contributed by atoms with van der Waals surface area (Å²) in [6.07, 6.45) is 3.54. The number of aromatic nitrogens is 1. The fourth-order valence-electron chi connectivity index (χ4n) is 2.69. The molecule has 2 nitrogen and oxygen atoms in total. The molecule has 100 valence electrons. The predicted molar refractivity (Wildman–Crippen MR) is 85.6 cm³/mol. The molecule has 0 fully saturated rings. The quantitative estimate of drug-likeness (QED) is 0.468. The van der Waals surface area contributed by atoms with E-state index < -0.39 is 0 Å². The monoisotopic (exact) mass is 271 g/mol. The summed E-state index contributed by atoms with van der Waals surface area (Å²) in [7, 11) is 0. The molecule has 0 aliphatic carbocycles. The van der Waals surface area contributed by atoms with E-state index in [0.717, 1.165) is 10.8 Å². The van der Waals surface area contributed by atoms with Gasteiger partial charge in [-0.2, -0.15) is 0 Å². The Hall–Kier alpha value is -2.87. The van der Waals surface area contributed by atoms with Crippen molar-refractivity contribution in [3.63, 3.8) is 0 Å². The van der Waals surface area contributed by atoms with Gasteiger partial charge in [-0.15, -0.1) is 0 Å². The Morgan fingerprint density at radius 2 is 1.29 bits per heavy atom. The maximum atomic E-state index is 12.4. The van der Waals surface area contributed by atoms with E-state index in [0.29, 0.717) is 5.56 Å². The number of nitrogens with zero attached hydrogens (tertiary/aromatic N) is 1. The van der Waals surface area contributed by atoms with Crippen molar-refractivity contribution in [1.82, 2.24) is 4.57 Å². The van der Waals surface area contributed by atoms with Crippen LogP contribution in [0.3, 0.4) is 0 Å². The number of benzene rings is 3. The van der Waals surface area contributed by atoms with Crippen molar-refractivity contribution in [2.45, 2.75) is 0 Å². The van der Waals surface area contributed by atoms with Crippen LogP contribution in [0, 0.1) is 0 Å². The number of carbonyl (C=O) groups excluding carboxylic acids is 1. The van der Waals surface area contributed by atoms with Gasteiger partial charge < -0.3 is 0 Å². The Labute approximate surface area is 122 Å². The molecular weight excluding hydrogens is 258 g/mol. The first kappa shape index (κ1) is 11.9. The average Bonchev–Trinajstić information content (AvgIpc) is 3.06. The normalized spacial score (nSPS) is 11.0. The van der Waals surface area contributed by atoms with E-state index in [1.54, 1.807) is 17.0 Å². The van der Waals surface area contributed by atoms with Gasteiger partial charge in [0.15, 0.2) is 0 Å². The molecular formula is C19H13NO. The lowest BCUT2D eigenvalue weighted by atomic mass is 10.0. The molecule has 0 atom stereocenters. The molecule has 0 saturated carbocycles. The van der Waals surface area contributed by atoms with Crippen LogP contribution in [0.15, 0.2) is 79.1 Å². The minimum atomic E-state index is -0.00458. The Morgan fingerprint density at radius 1 is 0.667 bits per heavy atom. The van der Waals surface area contributed by atoms with Gasteiger partial charge in [0.25, 0.3) is 5.91 Å². The molecule has 21 heavy (non-hydrogen) atoms. The van der Waals surface area contributed by atoms with Crippen molar-refractivity contribution in [3.05, 3.63) is 84.7 Å². The molecule has 1 aromatic heterocycles. The molecule has 0 spiro atoms. The summed E-state index contributed by atoms with van der Waals surface area (Å²) in [6, 6.07) is 22.1. The summed E-state index contributed by atoms with van der Waals surface area (Å²) in [4.78, 5) is 12.4. The molecule has 4 aromatic rings. The highest BCUT2D eigenvalue weighted by molar-refractivity contribution is 6.03. The Kier molecular flexibility index (Phi) is 2.61. The van der Waals surface area contributed by atoms with Crippen molar-refractivity contribution >= 4 is 27.5 Å². The molecule has 0 bridgehead atoms. The molecule has 0 N–H and O–H groups in total. The van der Waals surface area contributed by atoms with Crippen molar-refractivity contribution in [3.8, 4) is 0 Å². The highest BCUT2D eigenvalue weighted by Crippen LogP contribution is 2.24. The molecule has 4 rings (SSSR count).